The van der Waals surface area contributed by atoms with Gasteiger partial charge in [0.05, 0.1) is 18.4 Å². The van der Waals surface area contributed by atoms with Gasteiger partial charge in [0.2, 0.25) is 5.95 Å². The lowest BCUT2D eigenvalue weighted by Gasteiger charge is -2.17. The highest BCUT2D eigenvalue weighted by molar-refractivity contribution is 14.0. The zero-order valence-electron chi connectivity index (χ0n) is 11.1. The molecule has 2 heterocycles. The predicted molar refractivity (Wildman–Crippen MR) is 84.7 cm³/mol. The third-order valence-corrected chi connectivity index (χ3v) is 2.79. The topological polar surface area (TPSA) is 57.5 Å². The molecule has 7 heteroatoms. The first-order chi connectivity index (χ1) is 8.18. The number of nitrogens with one attached hydrogen (secondary N) is 2. The van der Waals surface area contributed by atoms with Crippen molar-refractivity contribution < 1.29 is 0 Å². The zero-order chi connectivity index (χ0) is 12.3. The van der Waals surface area contributed by atoms with E-state index >= 15 is 0 Å². The third-order valence-electron chi connectivity index (χ3n) is 2.79. The van der Waals surface area contributed by atoms with Crippen LogP contribution in [0, 0.1) is 0 Å². The van der Waals surface area contributed by atoms with Crippen LogP contribution in [0.25, 0.3) is 0 Å². The molecule has 0 unspecified atom stereocenters. The van der Waals surface area contributed by atoms with E-state index in [1.54, 1.807) is 0 Å². The summed E-state index contributed by atoms with van der Waals surface area (Å²) in [4.78, 5) is 10.7. The number of guanidine groups is 1. The number of nitrogens with zero attached hydrogens (tertiary/aromatic N) is 4. The van der Waals surface area contributed by atoms with Gasteiger partial charge in [-0.3, -0.25) is 4.99 Å². The summed E-state index contributed by atoms with van der Waals surface area (Å²) in [5.41, 5.74) is 1.14. The van der Waals surface area contributed by atoms with Gasteiger partial charge in [0.1, 0.15) is 0 Å². The summed E-state index contributed by atoms with van der Waals surface area (Å²) in [7, 11) is 6.01. The number of aromatic nitrogens is 2. The van der Waals surface area contributed by atoms with Crippen molar-refractivity contribution in [1.29, 1.82) is 0 Å². The molecule has 0 saturated carbocycles. The maximum atomic E-state index is 4.37. The molecule has 0 aromatic carbocycles. The first-order valence-electron chi connectivity index (χ1n) is 5.88. The van der Waals surface area contributed by atoms with Gasteiger partial charge in [0.25, 0.3) is 0 Å². The number of hydrogen-bond acceptors (Lipinski definition) is 5. The Morgan fingerprint density at radius 1 is 1.50 bits per heavy atom. The average molecular weight is 364 g/mol. The highest BCUT2D eigenvalue weighted by atomic mass is 127. The Kier molecular flexibility index (Phi) is 5.70. The fraction of sp³-hybridized carbons (Fsp3) is 0.636. The Labute approximate surface area is 125 Å². The third kappa shape index (κ3) is 3.50. The summed E-state index contributed by atoms with van der Waals surface area (Å²) in [6, 6.07) is 0. The molecule has 0 saturated heterocycles. The van der Waals surface area contributed by atoms with Gasteiger partial charge in [-0.05, 0) is 6.42 Å². The summed E-state index contributed by atoms with van der Waals surface area (Å²) in [6.45, 7) is 2.65. The van der Waals surface area contributed by atoms with E-state index in [1.807, 2.05) is 32.2 Å². The van der Waals surface area contributed by atoms with Crippen LogP contribution in [0.2, 0.25) is 0 Å². The predicted octanol–water partition coefficient (Wildman–Crippen LogP) is 0.543. The van der Waals surface area contributed by atoms with Crippen LogP contribution in [0.4, 0.5) is 5.95 Å². The Morgan fingerprint density at radius 2 is 2.28 bits per heavy atom. The smallest absolute Gasteiger partial charge is 0.204 e. The maximum Gasteiger partial charge on any atom is 0.204 e. The molecular formula is C11H21IN6. The van der Waals surface area contributed by atoms with Crippen molar-refractivity contribution in [3.05, 3.63) is 11.9 Å². The normalized spacial score (nSPS) is 14.3. The lowest BCUT2D eigenvalue weighted by atomic mass is 10.4. The van der Waals surface area contributed by atoms with E-state index in [-0.39, 0.29) is 24.0 Å². The minimum Gasteiger partial charge on any atom is -0.356 e. The van der Waals surface area contributed by atoms with Gasteiger partial charge in [-0.1, -0.05) is 0 Å². The van der Waals surface area contributed by atoms with Crippen molar-refractivity contribution in [3.8, 4) is 0 Å². The molecule has 0 radical (unpaired) electrons. The van der Waals surface area contributed by atoms with Crippen LogP contribution < -0.4 is 15.5 Å². The molecule has 1 aliphatic heterocycles. The van der Waals surface area contributed by atoms with E-state index in [0.717, 1.165) is 43.7 Å². The summed E-state index contributed by atoms with van der Waals surface area (Å²) in [6.07, 6.45) is 3.01. The van der Waals surface area contributed by atoms with Gasteiger partial charge in [-0.15, -0.1) is 24.0 Å². The van der Waals surface area contributed by atoms with Crippen LogP contribution in [-0.4, -0.2) is 42.7 Å². The molecule has 0 atom stereocenters. The molecule has 102 valence electrons. The van der Waals surface area contributed by atoms with Crippen molar-refractivity contribution in [2.45, 2.75) is 13.0 Å². The number of aliphatic imine (C=N–C) groups is 1. The van der Waals surface area contributed by atoms with Crippen molar-refractivity contribution in [2.24, 2.45) is 12.0 Å². The molecule has 0 amide bonds. The Morgan fingerprint density at radius 3 is 2.83 bits per heavy atom. The molecular weight excluding hydrogens is 343 g/mol. The quantitative estimate of drug-likeness (QED) is 0.769. The molecule has 18 heavy (non-hydrogen) atoms. The second-order valence-corrected chi connectivity index (χ2v) is 4.37. The minimum atomic E-state index is 0. The number of hydrogen-bond donors (Lipinski definition) is 2. The molecule has 0 bridgehead atoms. The molecule has 0 aliphatic carbocycles. The van der Waals surface area contributed by atoms with Crippen LogP contribution in [0.3, 0.4) is 0 Å². The Bertz CT molecular complexity index is 412. The second-order valence-electron chi connectivity index (χ2n) is 4.37. The van der Waals surface area contributed by atoms with E-state index in [9.17, 15) is 0 Å². The van der Waals surface area contributed by atoms with Gasteiger partial charge < -0.3 is 20.1 Å². The Balaban J connectivity index is 0.00000162. The number of halogens is 1. The van der Waals surface area contributed by atoms with E-state index < -0.39 is 0 Å². The number of imidazole rings is 1. The highest BCUT2D eigenvalue weighted by Crippen LogP contribution is 2.10. The molecule has 1 aliphatic rings. The van der Waals surface area contributed by atoms with E-state index in [0.29, 0.717) is 0 Å². The summed E-state index contributed by atoms with van der Waals surface area (Å²) in [5.74, 6) is 1.85. The van der Waals surface area contributed by atoms with Gasteiger partial charge >= 0.3 is 0 Å². The minimum absolute atomic E-state index is 0. The lowest BCUT2D eigenvalue weighted by molar-refractivity contribution is 0.688. The van der Waals surface area contributed by atoms with Gasteiger partial charge in [-0.2, -0.15) is 0 Å². The maximum absolute atomic E-state index is 4.37. The zero-order valence-corrected chi connectivity index (χ0v) is 13.4. The summed E-state index contributed by atoms with van der Waals surface area (Å²) < 4.78 is 2.08. The van der Waals surface area contributed by atoms with Crippen LogP contribution in [0.15, 0.2) is 11.2 Å². The number of anilines is 1. The first kappa shape index (κ1) is 15.1. The number of rotatable bonds is 3. The molecule has 0 fully saturated rings. The van der Waals surface area contributed by atoms with E-state index in [1.165, 1.54) is 0 Å². The standard InChI is InChI=1S/C11H20N6.HI/c1-16(2)11-15-8-9(17(11)3)7-14-10-12-5-4-6-13-10;/h8H,4-7H2,1-3H3,(H2,12,13,14);1H. The molecule has 2 rings (SSSR count). The fourth-order valence-corrected chi connectivity index (χ4v) is 1.84. The first-order valence-corrected chi connectivity index (χ1v) is 5.88. The lowest BCUT2D eigenvalue weighted by Crippen LogP contribution is -2.40. The van der Waals surface area contributed by atoms with Crippen molar-refractivity contribution >= 4 is 35.9 Å². The monoisotopic (exact) mass is 364 g/mol. The summed E-state index contributed by atoms with van der Waals surface area (Å²) in [5, 5.41) is 6.53. The molecule has 0 spiro atoms. The molecule has 2 N–H and O–H groups in total. The summed E-state index contributed by atoms with van der Waals surface area (Å²) >= 11 is 0. The van der Waals surface area contributed by atoms with Crippen LogP contribution in [-0.2, 0) is 13.6 Å². The van der Waals surface area contributed by atoms with Crippen molar-refractivity contribution in [3.63, 3.8) is 0 Å². The molecule has 6 nitrogen and oxygen atoms in total. The Hall–Kier alpha value is -0.990. The molecule has 1 aromatic rings. The van der Waals surface area contributed by atoms with E-state index in [4.69, 9.17) is 0 Å². The largest absolute Gasteiger partial charge is 0.356 e. The average Bonchev–Trinajstić information content (AvgIpc) is 2.69. The second kappa shape index (κ2) is 6.81. The van der Waals surface area contributed by atoms with Gasteiger partial charge in [-0.25, -0.2) is 4.98 Å². The van der Waals surface area contributed by atoms with Crippen LogP contribution >= 0.6 is 24.0 Å². The van der Waals surface area contributed by atoms with E-state index in [2.05, 4.69) is 25.2 Å². The van der Waals surface area contributed by atoms with Crippen LogP contribution in [0.1, 0.15) is 12.1 Å². The van der Waals surface area contributed by atoms with Crippen LogP contribution in [0.5, 0.6) is 0 Å². The fourth-order valence-electron chi connectivity index (χ4n) is 1.84. The van der Waals surface area contributed by atoms with Gasteiger partial charge in [0.15, 0.2) is 5.96 Å². The van der Waals surface area contributed by atoms with Crippen molar-refractivity contribution in [2.75, 3.05) is 32.1 Å². The highest BCUT2D eigenvalue weighted by Gasteiger charge is 2.09. The SMILES string of the molecule is CN(C)c1ncc(CNC2=NCCCN2)n1C.I. The molecule has 1 aromatic heterocycles. The van der Waals surface area contributed by atoms with Crippen molar-refractivity contribution in [1.82, 2.24) is 20.2 Å². The van der Waals surface area contributed by atoms with Gasteiger partial charge in [0, 0.05) is 34.2 Å².